The van der Waals surface area contributed by atoms with Crippen LogP contribution in [0.25, 0.3) is 38.8 Å². The van der Waals surface area contributed by atoms with Gasteiger partial charge in [0.15, 0.2) is 0 Å². The number of fused-ring (bicyclic) bond motifs is 4. The van der Waals surface area contributed by atoms with E-state index in [0.717, 1.165) is 28.4 Å². The third-order valence-corrected chi connectivity index (χ3v) is 13.5. The van der Waals surface area contributed by atoms with Crippen LogP contribution in [-0.4, -0.2) is 23.2 Å². The van der Waals surface area contributed by atoms with E-state index < -0.39 is 8.07 Å². The maximum absolute atomic E-state index is 6.54. The summed E-state index contributed by atoms with van der Waals surface area (Å²) in [7, 11) is -2.18. The molecule has 0 fully saturated rings. The minimum Gasteiger partial charge on any atom is -0.294 e. The van der Waals surface area contributed by atoms with E-state index in [1.807, 2.05) is 16.3 Å². The number of hydrogen-bond donors (Lipinski definition) is 0. The van der Waals surface area contributed by atoms with Crippen LogP contribution in [0.3, 0.4) is 0 Å². The Bertz CT molecular complexity index is 2360. The molecular weight excluding hydrogens is 617 g/mol. The number of pyridine rings is 1. The number of aromatic nitrogens is 2. The molecule has 0 aliphatic carbocycles. The Kier molecular flexibility index (Phi) is 7.28. The summed E-state index contributed by atoms with van der Waals surface area (Å²) in [6.07, 6.45) is 1.95. The first-order valence-corrected chi connectivity index (χ1v) is 20.1. The zero-order chi connectivity index (χ0) is 34.1. The van der Waals surface area contributed by atoms with Crippen molar-refractivity contribution in [2.24, 2.45) is 0 Å². The largest absolute Gasteiger partial charge is 0.294 e. The van der Waals surface area contributed by atoms with Gasteiger partial charge in [-0.1, -0.05) is 96.3 Å². The van der Waals surface area contributed by atoms with E-state index in [0.29, 0.717) is 0 Å². The molecule has 0 spiro atoms. The van der Waals surface area contributed by atoms with Crippen LogP contribution in [0.4, 0.5) is 17.1 Å². The average molecular weight is 659 g/mol. The van der Waals surface area contributed by atoms with E-state index in [-0.39, 0.29) is 5.54 Å². The summed E-state index contributed by atoms with van der Waals surface area (Å²) < 4.78 is 2.35. The Labute approximate surface area is 289 Å². The topological polar surface area (TPSA) is 33.5 Å². The molecule has 0 radical (unpaired) electrons. The molecule has 0 amide bonds. The fourth-order valence-electron chi connectivity index (χ4n) is 7.41. The molecule has 244 valence electrons. The standard InChI is InChI=1S/C43H42N4OSi/c1-29-14-12-15-30(2)42(29)31-24-25-44-41(26-31)45-37-19-9-8-18-35(37)36-23-22-34(28-40(36)45)49(6,7)33-17-13-16-32(27-33)46-38-20-10-11-21-39(38)47(48-46)43(3,4)5/h8-28H,1-7H3. The number of para-hydroxylation sites is 3. The monoisotopic (exact) mass is 658 g/mol. The van der Waals surface area contributed by atoms with Crippen molar-refractivity contribution in [3.63, 3.8) is 0 Å². The number of benzene rings is 5. The summed E-state index contributed by atoms with van der Waals surface area (Å²) in [6.45, 7) is 15.8. The van der Waals surface area contributed by atoms with Crippen LogP contribution in [0.1, 0.15) is 31.9 Å². The molecule has 0 N–H and O–H groups in total. The molecule has 1 aliphatic rings. The van der Waals surface area contributed by atoms with Crippen LogP contribution in [0.2, 0.25) is 13.1 Å². The predicted molar refractivity (Wildman–Crippen MR) is 209 cm³/mol. The molecule has 5 nitrogen and oxygen atoms in total. The van der Waals surface area contributed by atoms with Gasteiger partial charge in [0.2, 0.25) is 0 Å². The van der Waals surface area contributed by atoms with Gasteiger partial charge in [0, 0.05) is 17.0 Å². The van der Waals surface area contributed by atoms with Gasteiger partial charge in [-0.05, 0) is 105 Å². The van der Waals surface area contributed by atoms with E-state index in [1.165, 1.54) is 48.9 Å². The molecule has 1 aliphatic heterocycles. The number of rotatable bonds is 5. The lowest BCUT2D eigenvalue weighted by Crippen LogP contribution is -2.53. The fourth-order valence-corrected chi connectivity index (χ4v) is 9.76. The number of anilines is 3. The van der Waals surface area contributed by atoms with Crippen molar-refractivity contribution >= 4 is 57.3 Å². The average Bonchev–Trinajstić information content (AvgIpc) is 3.65. The van der Waals surface area contributed by atoms with Crippen molar-refractivity contribution < 1.29 is 4.94 Å². The quantitative estimate of drug-likeness (QED) is 0.173. The van der Waals surface area contributed by atoms with Crippen LogP contribution in [0, 0.1) is 13.8 Å². The molecule has 3 heterocycles. The second kappa shape index (κ2) is 11.5. The molecule has 2 aromatic heterocycles. The molecule has 0 atom stereocenters. The molecule has 0 saturated carbocycles. The molecule has 0 unspecified atom stereocenters. The lowest BCUT2D eigenvalue weighted by atomic mass is 9.96. The van der Waals surface area contributed by atoms with Gasteiger partial charge in [-0.25, -0.2) is 10.0 Å². The van der Waals surface area contributed by atoms with Crippen LogP contribution >= 0.6 is 0 Å². The smallest absolute Gasteiger partial charge is 0.138 e. The summed E-state index contributed by atoms with van der Waals surface area (Å²) in [5.74, 6) is 0.929. The van der Waals surface area contributed by atoms with Gasteiger partial charge in [0.25, 0.3) is 0 Å². The number of hydrogen-bond acceptors (Lipinski definition) is 4. The summed E-state index contributed by atoms with van der Waals surface area (Å²) in [4.78, 5) is 11.5. The van der Waals surface area contributed by atoms with Crippen molar-refractivity contribution in [3.05, 3.63) is 139 Å². The minimum atomic E-state index is -2.18. The lowest BCUT2D eigenvalue weighted by molar-refractivity contribution is 0.0843. The van der Waals surface area contributed by atoms with Crippen molar-refractivity contribution in [1.82, 2.24) is 9.55 Å². The third-order valence-electron chi connectivity index (χ3n) is 10.0. The van der Waals surface area contributed by atoms with Gasteiger partial charge >= 0.3 is 0 Å². The number of nitrogens with zero attached hydrogens (tertiary/aromatic N) is 4. The van der Waals surface area contributed by atoms with Crippen molar-refractivity contribution in [2.75, 3.05) is 10.1 Å². The first kappa shape index (κ1) is 31.1. The van der Waals surface area contributed by atoms with Crippen molar-refractivity contribution in [1.29, 1.82) is 0 Å². The van der Waals surface area contributed by atoms with E-state index in [2.05, 4.69) is 174 Å². The Hall–Kier alpha value is -5.17. The van der Waals surface area contributed by atoms with Gasteiger partial charge in [0.1, 0.15) is 13.9 Å². The Morgan fingerprint density at radius 2 is 1.31 bits per heavy atom. The highest BCUT2D eigenvalue weighted by Crippen LogP contribution is 2.44. The molecule has 0 bridgehead atoms. The van der Waals surface area contributed by atoms with Gasteiger partial charge in [-0.2, -0.15) is 5.06 Å². The lowest BCUT2D eigenvalue weighted by Gasteiger charge is -2.32. The molecule has 6 heteroatoms. The molecule has 0 saturated heterocycles. The van der Waals surface area contributed by atoms with Gasteiger partial charge in [0.05, 0.1) is 33.6 Å². The Balaban J connectivity index is 1.24. The normalized spacial score (nSPS) is 13.4. The zero-order valence-electron chi connectivity index (χ0n) is 29.3. The molecule has 49 heavy (non-hydrogen) atoms. The summed E-state index contributed by atoms with van der Waals surface area (Å²) in [5, 5.41) is 9.17. The van der Waals surface area contributed by atoms with Gasteiger partial charge < -0.3 is 0 Å². The van der Waals surface area contributed by atoms with Crippen LogP contribution in [0.5, 0.6) is 0 Å². The SMILES string of the molecule is Cc1cccc(C)c1-c1ccnc(-n2c3ccccc3c3ccc([Si](C)(C)c4cccc(N5ON(C(C)(C)C)c6ccccc65)c4)cc32)c1. The van der Waals surface area contributed by atoms with E-state index in [9.17, 15) is 0 Å². The van der Waals surface area contributed by atoms with E-state index in [1.54, 1.807) is 0 Å². The summed E-state index contributed by atoms with van der Waals surface area (Å²) in [6, 6.07) is 44.0. The van der Waals surface area contributed by atoms with Crippen LogP contribution in [-0.2, 0) is 4.94 Å². The molecule has 8 rings (SSSR count). The van der Waals surface area contributed by atoms with Crippen molar-refractivity contribution in [3.8, 4) is 16.9 Å². The fraction of sp³-hybridized carbons (Fsp3) is 0.186. The van der Waals surface area contributed by atoms with Gasteiger partial charge in [-0.3, -0.25) is 4.57 Å². The van der Waals surface area contributed by atoms with Gasteiger partial charge in [-0.15, -0.1) is 4.94 Å². The van der Waals surface area contributed by atoms with Crippen molar-refractivity contribution in [2.45, 2.75) is 53.3 Å². The highest BCUT2D eigenvalue weighted by atomic mass is 28.3. The number of aryl methyl sites for hydroxylation is 2. The predicted octanol–water partition coefficient (Wildman–Crippen LogP) is 9.89. The number of hydroxylamine groups is 1. The maximum atomic E-state index is 6.54. The minimum absolute atomic E-state index is 0.197. The Morgan fingerprint density at radius 3 is 2.08 bits per heavy atom. The molecule has 5 aromatic carbocycles. The highest BCUT2D eigenvalue weighted by Gasteiger charge is 2.36. The summed E-state index contributed by atoms with van der Waals surface area (Å²) >= 11 is 0. The molecule has 7 aromatic rings. The maximum Gasteiger partial charge on any atom is 0.138 e. The van der Waals surface area contributed by atoms with Crippen LogP contribution < -0.4 is 20.5 Å². The Morgan fingerprint density at radius 1 is 0.633 bits per heavy atom. The second-order valence-electron chi connectivity index (χ2n) is 14.8. The van der Waals surface area contributed by atoms with Crippen LogP contribution in [0.15, 0.2) is 128 Å². The van der Waals surface area contributed by atoms with E-state index >= 15 is 0 Å². The first-order chi connectivity index (χ1) is 23.5. The second-order valence-corrected chi connectivity index (χ2v) is 19.2. The summed E-state index contributed by atoms with van der Waals surface area (Å²) in [5.41, 5.74) is 10.3. The third kappa shape index (κ3) is 5.14. The molecular formula is C43H42N4OSi. The zero-order valence-corrected chi connectivity index (χ0v) is 30.3. The first-order valence-electron chi connectivity index (χ1n) is 17.1. The van der Waals surface area contributed by atoms with E-state index in [4.69, 9.17) is 9.92 Å². The highest BCUT2D eigenvalue weighted by molar-refractivity contribution is 7.00.